The number of nitrogens with zero attached hydrogens (tertiary/aromatic N) is 4. The number of hydrogen-bond donors (Lipinski definition) is 1. The lowest BCUT2D eigenvalue weighted by molar-refractivity contribution is -0.385. The lowest BCUT2D eigenvalue weighted by Gasteiger charge is -1.98. The zero-order valence-electron chi connectivity index (χ0n) is 10.5. The molecule has 0 bridgehead atoms. The topological polar surface area (TPSA) is 124 Å². The van der Waals surface area contributed by atoms with E-state index in [4.69, 9.17) is 0 Å². The second-order valence-corrected chi connectivity index (χ2v) is 3.88. The van der Waals surface area contributed by atoms with Crippen LogP contribution < -0.4 is 5.43 Å². The maximum Gasteiger partial charge on any atom is 0.287 e. The Hall–Kier alpha value is -3.36. The molecule has 1 aromatic carbocycles. The molecule has 2 rings (SSSR count). The van der Waals surface area contributed by atoms with Gasteiger partial charge in [-0.3, -0.25) is 25.7 Å². The first kappa shape index (κ1) is 14.1. The molecule has 106 valence electrons. The number of benzene rings is 1. The third kappa shape index (κ3) is 3.80. The van der Waals surface area contributed by atoms with Crippen molar-refractivity contribution in [1.29, 1.82) is 0 Å². The molecule has 0 atom stereocenters. The summed E-state index contributed by atoms with van der Waals surface area (Å²) in [6.45, 7) is 0. The quantitative estimate of drug-likeness (QED) is 0.511. The van der Waals surface area contributed by atoms with Crippen molar-refractivity contribution in [1.82, 2.24) is 4.98 Å². The summed E-state index contributed by atoms with van der Waals surface area (Å²) in [5.74, 6) is 0.322. The average molecular weight is 287 g/mol. The van der Waals surface area contributed by atoms with E-state index in [1.807, 2.05) is 0 Å². The lowest BCUT2D eigenvalue weighted by atomic mass is 10.2. The van der Waals surface area contributed by atoms with Gasteiger partial charge in [-0.2, -0.15) is 5.10 Å². The van der Waals surface area contributed by atoms with Gasteiger partial charge >= 0.3 is 0 Å². The molecule has 1 heterocycles. The fourth-order valence-electron chi connectivity index (χ4n) is 1.45. The molecule has 0 amide bonds. The summed E-state index contributed by atoms with van der Waals surface area (Å²) in [6.07, 6.45) is 2.49. The molecule has 1 N–H and O–H groups in total. The van der Waals surface area contributed by atoms with Gasteiger partial charge in [0.1, 0.15) is 12.0 Å². The van der Waals surface area contributed by atoms with E-state index in [9.17, 15) is 20.2 Å². The molecule has 0 aliphatic carbocycles. The summed E-state index contributed by atoms with van der Waals surface area (Å²) in [4.78, 5) is 23.8. The van der Waals surface area contributed by atoms with E-state index in [1.54, 1.807) is 12.1 Å². The summed E-state index contributed by atoms with van der Waals surface area (Å²) >= 11 is 0. The monoisotopic (exact) mass is 287 g/mol. The number of anilines is 1. The molecule has 9 heteroatoms. The largest absolute Gasteiger partial charge is 0.287 e. The van der Waals surface area contributed by atoms with Crippen molar-refractivity contribution in [2.24, 2.45) is 5.10 Å². The number of pyridine rings is 1. The van der Waals surface area contributed by atoms with Crippen LogP contribution in [0.2, 0.25) is 0 Å². The third-order valence-corrected chi connectivity index (χ3v) is 2.43. The Morgan fingerprint density at radius 1 is 1.10 bits per heavy atom. The van der Waals surface area contributed by atoms with E-state index >= 15 is 0 Å². The van der Waals surface area contributed by atoms with Gasteiger partial charge in [-0.15, -0.1) is 0 Å². The molecule has 0 fully saturated rings. The summed E-state index contributed by atoms with van der Waals surface area (Å²) in [6, 6.07) is 8.64. The van der Waals surface area contributed by atoms with Crippen molar-refractivity contribution in [3.63, 3.8) is 0 Å². The number of hydrogen-bond acceptors (Lipinski definition) is 7. The fourth-order valence-corrected chi connectivity index (χ4v) is 1.45. The van der Waals surface area contributed by atoms with Gasteiger partial charge in [0.05, 0.1) is 16.1 Å². The highest BCUT2D eigenvalue weighted by atomic mass is 16.6. The van der Waals surface area contributed by atoms with Crippen LogP contribution in [-0.4, -0.2) is 21.0 Å². The van der Waals surface area contributed by atoms with Gasteiger partial charge in [-0.1, -0.05) is 12.1 Å². The van der Waals surface area contributed by atoms with Crippen LogP contribution in [0.15, 0.2) is 47.7 Å². The van der Waals surface area contributed by atoms with E-state index in [1.165, 1.54) is 30.5 Å². The Morgan fingerprint density at radius 2 is 1.86 bits per heavy atom. The van der Waals surface area contributed by atoms with Gasteiger partial charge < -0.3 is 0 Å². The zero-order valence-corrected chi connectivity index (χ0v) is 10.5. The number of nitro benzene ring substituents is 1. The van der Waals surface area contributed by atoms with Crippen molar-refractivity contribution in [3.05, 3.63) is 68.4 Å². The number of nitrogens with one attached hydrogen (secondary N) is 1. The molecule has 21 heavy (non-hydrogen) atoms. The van der Waals surface area contributed by atoms with Crippen LogP contribution in [0, 0.1) is 20.2 Å². The molecule has 1 aromatic heterocycles. The number of nitro groups is 2. The normalized spacial score (nSPS) is 10.5. The maximum atomic E-state index is 10.6. The van der Waals surface area contributed by atoms with Gasteiger partial charge in [0.2, 0.25) is 0 Å². The molecule has 2 aromatic rings. The highest BCUT2D eigenvalue weighted by Gasteiger charge is 2.05. The minimum atomic E-state index is -0.552. The van der Waals surface area contributed by atoms with E-state index < -0.39 is 9.85 Å². The second-order valence-electron chi connectivity index (χ2n) is 3.88. The van der Waals surface area contributed by atoms with Gasteiger partial charge in [-0.25, -0.2) is 4.98 Å². The Labute approximate surface area is 118 Å². The summed E-state index contributed by atoms with van der Waals surface area (Å²) in [5, 5.41) is 24.9. The van der Waals surface area contributed by atoms with Crippen LogP contribution >= 0.6 is 0 Å². The zero-order chi connectivity index (χ0) is 15.2. The van der Waals surface area contributed by atoms with Crippen molar-refractivity contribution in [2.75, 3.05) is 5.43 Å². The highest BCUT2D eigenvalue weighted by Crippen LogP contribution is 2.13. The predicted molar refractivity (Wildman–Crippen MR) is 75.2 cm³/mol. The van der Waals surface area contributed by atoms with E-state index in [-0.39, 0.29) is 11.4 Å². The van der Waals surface area contributed by atoms with Crippen LogP contribution in [0.3, 0.4) is 0 Å². The van der Waals surface area contributed by atoms with Crippen LogP contribution in [0.4, 0.5) is 17.2 Å². The van der Waals surface area contributed by atoms with Crippen LogP contribution in [0.1, 0.15) is 5.56 Å². The molecule has 0 saturated heterocycles. The standard InChI is InChI=1S/C12H9N5O4/c18-16(19)10-3-1-2-9(6-10)7-14-15-12-5-4-11(8-13-12)17(20)21/h1-8H,(H,13,15). The highest BCUT2D eigenvalue weighted by molar-refractivity contribution is 5.81. The molecule has 0 radical (unpaired) electrons. The first-order chi connectivity index (χ1) is 10.1. The third-order valence-electron chi connectivity index (χ3n) is 2.43. The smallest absolute Gasteiger partial charge is 0.261 e. The van der Waals surface area contributed by atoms with Gasteiger partial charge in [0.25, 0.3) is 11.4 Å². The molecular weight excluding hydrogens is 278 g/mol. The first-order valence-corrected chi connectivity index (χ1v) is 5.70. The summed E-state index contributed by atoms with van der Waals surface area (Å²) < 4.78 is 0. The average Bonchev–Trinajstić information content (AvgIpc) is 2.48. The molecular formula is C12H9N5O4. The Kier molecular flexibility index (Phi) is 4.14. The van der Waals surface area contributed by atoms with Crippen LogP contribution in [0.5, 0.6) is 0 Å². The summed E-state index contributed by atoms with van der Waals surface area (Å²) in [7, 11) is 0. The van der Waals surface area contributed by atoms with E-state index in [2.05, 4.69) is 15.5 Å². The van der Waals surface area contributed by atoms with E-state index in [0.717, 1.165) is 6.20 Å². The number of non-ortho nitro benzene ring substituents is 1. The van der Waals surface area contributed by atoms with Crippen LogP contribution in [0.25, 0.3) is 0 Å². The molecule has 0 spiro atoms. The minimum absolute atomic E-state index is 0.0348. The Morgan fingerprint density at radius 3 is 2.48 bits per heavy atom. The molecule has 9 nitrogen and oxygen atoms in total. The van der Waals surface area contributed by atoms with Crippen molar-refractivity contribution in [3.8, 4) is 0 Å². The molecule has 0 aliphatic heterocycles. The van der Waals surface area contributed by atoms with Crippen molar-refractivity contribution < 1.29 is 9.85 Å². The minimum Gasteiger partial charge on any atom is -0.261 e. The van der Waals surface area contributed by atoms with Crippen molar-refractivity contribution >= 4 is 23.4 Å². The fraction of sp³-hybridized carbons (Fsp3) is 0. The first-order valence-electron chi connectivity index (χ1n) is 5.70. The van der Waals surface area contributed by atoms with Gasteiger partial charge in [-0.05, 0) is 6.07 Å². The molecule has 0 unspecified atom stereocenters. The molecule has 0 saturated carbocycles. The molecule has 0 aliphatic rings. The van der Waals surface area contributed by atoms with E-state index in [0.29, 0.717) is 11.4 Å². The Balaban J connectivity index is 2.03. The predicted octanol–water partition coefficient (Wildman–Crippen LogP) is 2.34. The number of aromatic nitrogens is 1. The second kappa shape index (κ2) is 6.19. The van der Waals surface area contributed by atoms with Gasteiger partial charge in [0.15, 0.2) is 0 Å². The van der Waals surface area contributed by atoms with Crippen molar-refractivity contribution in [2.45, 2.75) is 0 Å². The number of hydrazone groups is 1. The van der Waals surface area contributed by atoms with Crippen LogP contribution in [-0.2, 0) is 0 Å². The SMILES string of the molecule is O=[N+]([O-])c1ccc(NN=Cc2cccc([N+](=O)[O-])c2)nc1. The maximum absolute atomic E-state index is 10.6. The lowest BCUT2D eigenvalue weighted by Crippen LogP contribution is -1.95. The van der Waals surface area contributed by atoms with Gasteiger partial charge in [0, 0.05) is 23.8 Å². The number of rotatable bonds is 5. The summed E-state index contributed by atoms with van der Waals surface area (Å²) in [5.41, 5.74) is 2.96. The Bertz CT molecular complexity index is 699.